The molecule has 1 aromatic carbocycles. The van der Waals surface area contributed by atoms with Gasteiger partial charge in [-0.05, 0) is 37.2 Å². The summed E-state index contributed by atoms with van der Waals surface area (Å²) in [4.78, 5) is 0. The van der Waals surface area contributed by atoms with Gasteiger partial charge in [0.25, 0.3) is 0 Å². The minimum Gasteiger partial charge on any atom is -0.250 e. The largest absolute Gasteiger partial charge is 0.250 e. The van der Waals surface area contributed by atoms with Crippen molar-refractivity contribution in [2.45, 2.75) is 38.0 Å². The summed E-state index contributed by atoms with van der Waals surface area (Å²) in [5, 5.41) is 12.8. The van der Waals surface area contributed by atoms with E-state index < -0.39 is 0 Å². The second-order valence-corrected chi connectivity index (χ2v) is 6.67. The maximum Gasteiger partial charge on any atom is 0.216 e. The number of aromatic amines is 1. The van der Waals surface area contributed by atoms with Crippen molar-refractivity contribution in [3.63, 3.8) is 0 Å². The van der Waals surface area contributed by atoms with Gasteiger partial charge in [0, 0.05) is 16.5 Å². The molecule has 1 fully saturated rings. The molecule has 7 heteroatoms. The van der Waals surface area contributed by atoms with Gasteiger partial charge in [-0.2, -0.15) is 14.9 Å². The van der Waals surface area contributed by atoms with Gasteiger partial charge in [0.1, 0.15) is 0 Å². The van der Waals surface area contributed by atoms with Crippen LogP contribution >= 0.6 is 35.4 Å². The zero-order chi connectivity index (χ0) is 15.5. The fraction of sp³-hybridized carbons (Fsp3) is 0.400. The smallest absolute Gasteiger partial charge is 0.216 e. The van der Waals surface area contributed by atoms with Crippen molar-refractivity contribution < 1.29 is 0 Å². The van der Waals surface area contributed by atoms with Crippen LogP contribution in [0.25, 0.3) is 0 Å². The minimum absolute atomic E-state index is 0.416. The average molecular weight is 355 g/mol. The third-order valence-electron chi connectivity index (χ3n) is 3.92. The first-order valence-electron chi connectivity index (χ1n) is 7.32. The van der Waals surface area contributed by atoms with Crippen molar-refractivity contribution in [2.24, 2.45) is 5.10 Å². The van der Waals surface area contributed by atoms with Crippen molar-refractivity contribution in [3.05, 3.63) is 44.4 Å². The third kappa shape index (κ3) is 3.42. The molecule has 0 radical (unpaired) electrons. The standard InChI is InChI=1S/C15H16Cl2N4S/c16-12-7-6-11(13(17)8-12)9-18-21-14(19-20-15(21)22)10-4-2-1-3-5-10/h6-10H,1-5H2,(H,20,22)/b18-9-. The van der Waals surface area contributed by atoms with Gasteiger partial charge in [0.15, 0.2) is 5.82 Å². The molecule has 3 rings (SSSR count). The summed E-state index contributed by atoms with van der Waals surface area (Å²) in [5.41, 5.74) is 0.795. The molecule has 0 bridgehead atoms. The molecule has 1 saturated carbocycles. The fourth-order valence-electron chi connectivity index (χ4n) is 2.77. The Bertz CT molecular complexity index is 744. The van der Waals surface area contributed by atoms with Crippen molar-refractivity contribution >= 4 is 41.6 Å². The normalized spacial score (nSPS) is 16.5. The molecule has 1 aromatic heterocycles. The fourth-order valence-corrected chi connectivity index (χ4v) is 3.41. The number of H-pyrrole nitrogens is 1. The van der Waals surface area contributed by atoms with E-state index in [2.05, 4.69) is 15.3 Å². The summed E-state index contributed by atoms with van der Waals surface area (Å²) >= 11 is 17.4. The second-order valence-electron chi connectivity index (χ2n) is 5.44. The van der Waals surface area contributed by atoms with E-state index in [-0.39, 0.29) is 0 Å². The van der Waals surface area contributed by atoms with E-state index in [0.29, 0.717) is 20.7 Å². The van der Waals surface area contributed by atoms with Crippen molar-refractivity contribution in [1.29, 1.82) is 0 Å². The first-order valence-corrected chi connectivity index (χ1v) is 8.48. The topological polar surface area (TPSA) is 46.0 Å². The van der Waals surface area contributed by atoms with Gasteiger partial charge in [-0.25, -0.2) is 0 Å². The summed E-state index contributed by atoms with van der Waals surface area (Å²) in [5.74, 6) is 1.32. The molecule has 1 aliphatic rings. The van der Waals surface area contributed by atoms with Crippen LogP contribution in [0.1, 0.15) is 49.4 Å². The molecule has 2 aromatic rings. The van der Waals surface area contributed by atoms with Crippen LogP contribution in [0.15, 0.2) is 23.3 Å². The predicted octanol–water partition coefficient (Wildman–Crippen LogP) is 5.18. The molecular weight excluding hydrogens is 339 g/mol. The zero-order valence-corrected chi connectivity index (χ0v) is 14.3. The number of halogens is 2. The van der Waals surface area contributed by atoms with Crippen molar-refractivity contribution in [2.75, 3.05) is 0 Å². The van der Waals surface area contributed by atoms with Crippen molar-refractivity contribution in [1.82, 2.24) is 14.9 Å². The maximum atomic E-state index is 6.16. The Balaban J connectivity index is 1.90. The Morgan fingerprint density at radius 3 is 2.77 bits per heavy atom. The molecule has 1 N–H and O–H groups in total. The highest BCUT2D eigenvalue weighted by Gasteiger charge is 2.21. The van der Waals surface area contributed by atoms with E-state index in [1.54, 1.807) is 23.0 Å². The number of nitrogens with one attached hydrogen (secondary N) is 1. The minimum atomic E-state index is 0.416. The molecule has 0 saturated heterocycles. The Labute approximate surface area is 144 Å². The van der Waals surface area contributed by atoms with Gasteiger partial charge in [-0.1, -0.05) is 48.5 Å². The Morgan fingerprint density at radius 2 is 2.05 bits per heavy atom. The number of benzene rings is 1. The van der Waals surface area contributed by atoms with E-state index >= 15 is 0 Å². The van der Waals surface area contributed by atoms with E-state index in [4.69, 9.17) is 35.4 Å². The predicted molar refractivity (Wildman–Crippen MR) is 92.7 cm³/mol. The number of aromatic nitrogens is 3. The quantitative estimate of drug-likeness (QED) is 0.609. The molecule has 116 valence electrons. The van der Waals surface area contributed by atoms with Crippen LogP contribution in [0.5, 0.6) is 0 Å². The maximum absolute atomic E-state index is 6.16. The lowest BCUT2D eigenvalue weighted by atomic mass is 9.89. The van der Waals surface area contributed by atoms with Crippen LogP contribution in [0.3, 0.4) is 0 Å². The molecule has 0 spiro atoms. The van der Waals surface area contributed by atoms with Gasteiger partial charge in [0.05, 0.1) is 11.2 Å². The molecule has 0 unspecified atom stereocenters. The van der Waals surface area contributed by atoms with E-state index in [1.165, 1.54) is 19.3 Å². The molecule has 1 heterocycles. The van der Waals surface area contributed by atoms with Crippen LogP contribution in [-0.2, 0) is 0 Å². The molecule has 4 nitrogen and oxygen atoms in total. The lowest BCUT2D eigenvalue weighted by Gasteiger charge is -2.19. The first-order chi connectivity index (χ1) is 10.6. The second kappa shape index (κ2) is 6.94. The van der Waals surface area contributed by atoms with Gasteiger partial charge >= 0.3 is 0 Å². The molecule has 0 atom stereocenters. The monoisotopic (exact) mass is 354 g/mol. The number of rotatable bonds is 3. The van der Waals surface area contributed by atoms with Crippen LogP contribution in [0.2, 0.25) is 10.0 Å². The van der Waals surface area contributed by atoms with Crippen LogP contribution in [-0.4, -0.2) is 21.1 Å². The van der Waals surface area contributed by atoms with E-state index in [1.807, 2.05) is 6.07 Å². The zero-order valence-electron chi connectivity index (χ0n) is 11.9. The lowest BCUT2D eigenvalue weighted by molar-refractivity contribution is 0.419. The summed E-state index contributed by atoms with van der Waals surface area (Å²) < 4.78 is 2.21. The molecule has 0 aliphatic heterocycles. The molecule has 1 aliphatic carbocycles. The van der Waals surface area contributed by atoms with Crippen LogP contribution in [0, 0.1) is 4.77 Å². The van der Waals surface area contributed by atoms with Gasteiger partial charge < -0.3 is 0 Å². The first kappa shape index (κ1) is 15.7. The summed E-state index contributed by atoms with van der Waals surface area (Å²) in [6.07, 6.45) is 7.73. The SMILES string of the molecule is S=c1[nH]nc(C2CCCCC2)n1/N=C\c1ccc(Cl)cc1Cl. The Kier molecular flexibility index (Phi) is 4.96. The van der Waals surface area contributed by atoms with E-state index in [0.717, 1.165) is 24.2 Å². The average Bonchev–Trinajstić information content (AvgIpc) is 2.88. The summed E-state index contributed by atoms with van der Waals surface area (Å²) in [6.45, 7) is 0. The van der Waals surface area contributed by atoms with Gasteiger partial charge in [0.2, 0.25) is 4.77 Å². The summed E-state index contributed by atoms with van der Waals surface area (Å²) in [6, 6.07) is 5.31. The van der Waals surface area contributed by atoms with Crippen molar-refractivity contribution in [3.8, 4) is 0 Å². The number of hydrogen-bond acceptors (Lipinski definition) is 3. The molecule has 22 heavy (non-hydrogen) atoms. The van der Waals surface area contributed by atoms with Crippen LogP contribution < -0.4 is 0 Å². The number of nitrogens with zero attached hydrogens (tertiary/aromatic N) is 3. The van der Waals surface area contributed by atoms with Crippen LogP contribution in [0.4, 0.5) is 0 Å². The van der Waals surface area contributed by atoms with Gasteiger partial charge in [-0.3, -0.25) is 5.10 Å². The number of hydrogen-bond donors (Lipinski definition) is 1. The highest BCUT2D eigenvalue weighted by atomic mass is 35.5. The highest BCUT2D eigenvalue weighted by Crippen LogP contribution is 2.31. The Morgan fingerprint density at radius 1 is 1.27 bits per heavy atom. The highest BCUT2D eigenvalue weighted by molar-refractivity contribution is 7.71. The lowest BCUT2D eigenvalue weighted by Crippen LogP contribution is -2.10. The van der Waals surface area contributed by atoms with Gasteiger partial charge in [-0.15, -0.1) is 0 Å². The third-order valence-corrected chi connectivity index (χ3v) is 4.75. The summed E-state index contributed by atoms with van der Waals surface area (Å²) in [7, 11) is 0. The Hall–Kier alpha value is -1.17. The van der Waals surface area contributed by atoms with E-state index in [9.17, 15) is 0 Å². The molecular formula is C15H16Cl2N4S. The molecule has 0 amide bonds.